The van der Waals surface area contributed by atoms with E-state index in [1.165, 1.54) is 0 Å². The van der Waals surface area contributed by atoms with Gasteiger partial charge in [-0.25, -0.2) is 0 Å². The van der Waals surface area contributed by atoms with Gasteiger partial charge >= 0.3 is 0 Å². The SMILES string of the molecule is CC(C)(C)[Si](C)(C)Oc1cc(CN)cc(CN)c1. The van der Waals surface area contributed by atoms with Gasteiger partial charge in [0, 0.05) is 13.1 Å². The first-order valence-electron chi connectivity index (χ1n) is 6.41. The van der Waals surface area contributed by atoms with E-state index in [-0.39, 0.29) is 5.04 Å². The molecule has 0 amide bonds. The molecule has 4 N–H and O–H groups in total. The molecule has 0 fully saturated rings. The lowest BCUT2D eigenvalue weighted by atomic mass is 10.1. The van der Waals surface area contributed by atoms with Crippen molar-refractivity contribution in [3.05, 3.63) is 29.3 Å². The zero-order valence-electron chi connectivity index (χ0n) is 12.2. The Hall–Kier alpha value is -0.843. The van der Waals surface area contributed by atoms with Crippen LogP contribution in [-0.4, -0.2) is 8.32 Å². The molecule has 0 saturated carbocycles. The smallest absolute Gasteiger partial charge is 0.250 e. The second-order valence-corrected chi connectivity index (χ2v) is 11.0. The Morgan fingerprint density at radius 2 is 1.44 bits per heavy atom. The molecule has 1 aromatic rings. The van der Waals surface area contributed by atoms with E-state index in [9.17, 15) is 0 Å². The van der Waals surface area contributed by atoms with Crippen LogP contribution in [0.5, 0.6) is 5.75 Å². The van der Waals surface area contributed by atoms with E-state index < -0.39 is 8.32 Å². The molecule has 0 radical (unpaired) electrons. The van der Waals surface area contributed by atoms with E-state index in [0.29, 0.717) is 13.1 Å². The zero-order chi connectivity index (χ0) is 14.0. The molecule has 0 atom stereocenters. The van der Waals surface area contributed by atoms with Gasteiger partial charge in [-0.1, -0.05) is 26.8 Å². The van der Waals surface area contributed by atoms with Crippen molar-refractivity contribution in [3.63, 3.8) is 0 Å². The van der Waals surface area contributed by atoms with Crippen LogP contribution in [0.2, 0.25) is 18.1 Å². The van der Waals surface area contributed by atoms with Crippen molar-refractivity contribution in [1.82, 2.24) is 0 Å². The lowest BCUT2D eigenvalue weighted by Crippen LogP contribution is -2.43. The van der Waals surface area contributed by atoms with E-state index in [1.807, 2.05) is 18.2 Å². The molecular weight excluding hydrogens is 240 g/mol. The Kier molecular flexibility index (Phi) is 4.59. The molecule has 102 valence electrons. The summed E-state index contributed by atoms with van der Waals surface area (Å²) < 4.78 is 6.28. The lowest BCUT2D eigenvalue weighted by molar-refractivity contribution is 0.491. The summed E-state index contributed by atoms with van der Waals surface area (Å²) >= 11 is 0. The monoisotopic (exact) mass is 266 g/mol. The molecule has 0 aliphatic carbocycles. The van der Waals surface area contributed by atoms with E-state index in [4.69, 9.17) is 15.9 Å². The highest BCUT2D eigenvalue weighted by atomic mass is 28.4. The summed E-state index contributed by atoms with van der Waals surface area (Å²) in [5.41, 5.74) is 13.6. The first kappa shape index (κ1) is 15.2. The lowest BCUT2D eigenvalue weighted by Gasteiger charge is -2.36. The Morgan fingerprint density at radius 3 is 1.78 bits per heavy atom. The molecule has 1 rings (SSSR count). The molecule has 0 aromatic heterocycles. The van der Waals surface area contributed by atoms with Crippen molar-refractivity contribution >= 4 is 8.32 Å². The van der Waals surface area contributed by atoms with Gasteiger partial charge in [-0.2, -0.15) is 0 Å². The molecular formula is C14H26N2OSi. The van der Waals surface area contributed by atoms with E-state index >= 15 is 0 Å². The summed E-state index contributed by atoms with van der Waals surface area (Å²) in [5, 5.41) is 0.189. The van der Waals surface area contributed by atoms with Crippen LogP contribution in [-0.2, 0) is 13.1 Å². The normalized spacial score (nSPS) is 12.6. The van der Waals surface area contributed by atoms with Crippen molar-refractivity contribution in [1.29, 1.82) is 0 Å². The maximum absolute atomic E-state index is 6.28. The highest BCUT2D eigenvalue weighted by Crippen LogP contribution is 2.37. The van der Waals surface area contributed by atoms with Crippen LogP contribution < -0.4 is 15.9 Å². The van der Waals surface area contributed by atoms with E-state index in [1.54, 1.807) is 0 Å². The predicted molar refractivity (Wildman–Crippen MR) is 80.0 cm³/mol. The van der Waals surface area contributed by atoms with Gasteiger partial charge in [0.15, 0.2) is 0 Å². The van der Waals surface area contributed by atoms with Gasteiger partial charge in [-0.3, -0.25) is 0 Å². The Labute approximate surface area is 112 Å². The standard InChI is InChI=1S/C14H26N2OSi/c1-14(2,3)18(4,5)17-13-7-11(9-15)6-12(8-13)10-16/h6-8H,9-10,15-16H2,1-5H3. The molecule has 0 saturated heterocycles. The summed E-state index contributed by atoms with van der Waals surface area (Å²) in [4.78, 5) is 0. The third-order valence-electron chi connectivity index (χ3n) is 3.68. The Bertz CT molecular complexity index is 388. The molecule has 0 aliphatic heterocycles. The van der Waals surface area contributed by atoms with Gasteiger partial charge in [0.25, 0.3) is 0 Å². The maximum atomic E-state index is 6.28. The van der Waals surface area contributed by atoms with Crippen LogP contribution in [0.4, 0.5) is 0 Å². The molecule has 1 aromatic carbocycles. The summed E-state index contributed by atoms with van der Waals surface area (Å²) in [6.45, 7) is 12.2. The molecule has 3 nitrogen and oxygen atoms in total. The highest BCUT2D eigenvalue weighted by Gasteiger charge is 2.39. The van der Waals surface area contributed by atoms with Gasteiger partial charge in [-0.05, 0) is 41.4 Å². The molecule has 0 spiro atoms. The topological polar surface area (TPSA) is 61.3 Å². The molecule has 4 heteroatoms. The fourth-order valence-electron chi connectivity index (χ4n) is 1.47. The Morgan fingerprint density at radius 1 is 1.00 bits per heavy atom. The minimum absolute atomic E-state index is 0.189. The quantitative estimate of drug-likeness (QED) is 0.824. The van der Waals surface area contributed by atoms with Crippen LogP contribution in [0.1, 0.15) is 31.9 Å². The third kappa shape index (κ3) is 3.57. The largest absolute Gasteiger partial charge is 0.543 e. The number of hydrogen-bond acceptors (Lipinski definition) is 3. The molecule has 0 bridgehead atoms. The van der Waals surface area contributed by atoms with Crippen LogP contribution >= 0.6 is 0 Å². The average Bonchev–Trinajstić information content (AvgIpc) is 2.26. The van der Waals surface area contributed by atoms with Crippen LogP contribution in [0, 0.1) is 0 Å². The van der Waals surface area contributed by atoms with E-state index in [2.05, 4.69) is 33.9 Å². The second kappa shape index (κ2) is 5.43. The fourth-order valence-corrected chi connectivity index (χ4v) is 2.48. The first-order chi connectivity index (χ1) is 8.19. The average molecular weight is 266 g/mol. The molecule has 0 heterocycles. The summed E-state index contributed by atoms with van der Waals surface area (Å²) in [5.74, 6) is 0.907. The number of hydrogen-bond donors (Lipinski definition) is 2. The molecule has 18 heavy (non-hydrogen) atoms. The Balaban J connectivity index is 3.04. The van der Waals surface area contributed by atoms with Gasteiger partial charge in [0.1, 0.15) is 5.75 Å². The van der Waals surface area contributed by atoms with Gasteiger partial charge < -0.3 is 15.9 Å². The summed E-state index contributed by atoms with van der Waals surface area (Å²) in [6.07, 6.45) is 0. The first-order valence-corrected chi connectivity index (χ1v) is 9.32. The van der Waals surface area contributed by atoms with Crippen LogP contribution in [0.15, 0.2) is 18.2 Å². The summed E-state index contributed by atoms with van der Waals surface area (Å²) in [6, 6.07) is 6.10. The summed E-state index contributed by atoms with van der Waals surface area (Å²) in [7, 11) is -1.80. The number of nitrogens with two attached hydrogens (primary N) is 2. The predicted octanol–water partition coefficient (Wildman–Crippen LogP) is 2.99. The van der Waals surface area contributed by atoms with Crippen molar-refractivity contribution in [3.8, 4) is 5.75 Å². The van der Waals surface area contributed by atoms with Crippen molar-refractivity contribution in [2.45, 2.75) is 52.0 Å². The second-order valence-electron chi connectivity index (χ2n) is 6.26. The third-order valence-corrected chi connectivity index (χ3v) is 8.04. The van der Waals surface area contributed by atoms with Crippen molar-refractivity contribution < 1.29 is 4.43 Å². The van der Waals surface area contributed by atoms with E-state index in [0.717, 1.165) is 16.9 Å². The highest BCUT2D eigenvalue weighted by molar-refractivity contribution is 6.74. The molecule has 0 aliphatic rings. The minimum atomic E-state index is -1.80. The van der Waals surface area contributed by atoms with Crippen LogP contribution in [0.25, 0.3) is 0 Å². The number of benzene rings is 1. The van der Waals surface area contributed by atoms with Gasteiger partial charge in [0.05, 0.1) is 0 Å². The van der Waals surface area contributed by atoms with Crippen molar-refractivity contribution in [2.75, 3.05) is 0 Å². The van der Waals surface area contributed by atoms with Crippen LogP contribution in [0.3, 0.4) is 0 Å². The fraction of sp³-hybridized carbons (Fsp3) is 0.571. The maximum Gasteiger partial charge on any atom is 0.250 e. The zero-order valence-corrected chi connectivity index (χ0v) is 13.2. The minimum Gasteiger partial charge on any atom is -0.543 e. The molecule has 0 unspecified atom stereocenters. The van der Waals surface area contributed by atoms with Gasteiger partial charge in [0.2, 0.25) is 8.32 Å². The van der Waals surface area contributed by atoms with Crippen molar-refractivity contribution in [2.24, 2.45) is 11.5 Å². The van der Waals surface area contributed by atoms with Gasteiger partial charge in [-0.15, -0.1) is 0 Å². The number of rotatable bonds is 4.